The van der Waals surface area contributed by atoms with Crippen molar-refractivity contribution in [1.29, 1.82) is 5.26 Å². The zero-order valence-electron chi connectivity index (χ0n) is 16.4. The summed E-state index contributed by atoms with van der Waals surface area (Å²) in [5, 5.41) is 9.72. The lowest BCUT2D eigenvalue weighted by atomic mass is 9.87. The molecule has 2 heterocycles. The van der Waals surface area contributed by atoms with Crippen molar-refractivity contribution in [3.63, 3.8) is 0 Å². The van der Waals surface area contributed by atoms with Gasteiger partial charge in [0.15, 0.2) is 5.69 Å². The highest BCUT2D eigenvalue weighted by Gasteiger charge is 2.42. The summed E-state index contributed by atoms with van der Waals surface area (Å²) in [5.41, 5.74) is 3.38. The minimum absolute atomic E-state index is 0.113. The summed E-state index contributed by atoms with van der Waals surface area (Å²) in [4.78, 5) is 30.1. The number of anilines is 1. The fraction of sp³-hybridized carbons (Fsp3) is 0.364. The summed E-state index contributed by atoms with van der Waals surface area (Å²) in [6, 6.07) is 11.0. The quantitative estimate of drug-likeness (QED) is 0.726. The Morgan fingerprint density at radius 3 is 2.69 bits per heavy atom. The van der Waals surface area contributed by atoms with Gasteiger partial charge in [-0.15, -0.1) is 0 Å². The van der Waals surface area contributed by atoms with E-state index >= 15 is 0 Å². The van der Waals surface area contributed by atoms with Crippen LogP contribution in [-0.2, 0) is 22.4 Å². The van der Waals surface area contributed by atoms with Crippen LogP contribution in [0.3, 0.4) is 0 Å². The first-order valence-corrected chi connectivity index (χ1v) is 10.5. The molecule has 2 atom stereocenters. The van der Waals surface area contributed by atoms with E-state index in [-0.39, 0.29) is 18.2 Å². The number of benzene rings is 1. The summed E-state index contributed by atoms with van der Waals surface area (Å²) in [7, 11) is 1.57. The number of nitrogens with zero attached hydrogens (tertiary/aromatic N) is 2. The highest BCUT2D eigenvalue weighted by atomic mass is 32.2. The number of thioether (sulfide) groups is 1. The number of methoxy groups -OCH3 is 1. The molecule has 1 N–H and O–H groups in total. The third kappa shape index (κ3) is 3.73. The van der Waals surface area contributed by atoms with Crippen LogP contribution in [0.1, 0.15) is 36.6 Å². The lowest BCUT2D eigenvalue weighted by Crippen LogP contribution is -2.31. The Kier molecular flexibility index (Phi) is 5.29. The molecule has 2 aliphatic rings. The Balaban J connectivity index is 1.58. The highest BCUT2D eigenvalue weighted by molar-refractivity contribution is 8.00. The summed E-state index contributed by atoms with van der Waals surface area (Å²) >= 11 is 1.28. The molecule has 6 nitrogen and oxygen atoms in total. The molecule has 2 amide bonds. The Morgan fingerprint density at radius 2 is 2.00 bits per heavy atom. The third-order valence-corrected chi connectivity index (χ3v) is 6.70. The first-order chi connectivity index (χ1) is 14.0. The number of hydrogen-bond donors (Lipinski definition) is 0. The molecule has 1 saturated heterocycles. The number of rotatable bonds is 4. The smallest absolute Gasteiger partial charge is 0.257 e. The standard InChI is InChI=1S/C22H21N3O3S/c1-13-3-8-18-14(9-13)10-15(12-23)21(24-18)29-19-11-20(26)25(22(19)27)16-4-6-17(28-2)7-5-16/h4-7,10,13,19H,3,8-9,11H2,1-2H3/p+1. The molecule has 1 aromatic carbocycles. The molecule has 1 aliphatic carbocycles. The molecule has 2 aromatic rings. The van der Waals surface area contributed by atoms with Crippen molar-refractivity contribution in [2.45, 2.75) is 42.9 Å². The molecule has 0 bridgehead atoms. The van der Waals surface area contributed by atoms with Gasteiger partial charge in [0, 0.05) is 18.4 Å². The fourth-order valence-corrected chi connectivity index (χ4v) is 5.03. The van der Waals surface area contributed by atoms with Crippen molar-refractivity contribution in [1.82, 2.24) is 0 Å². The van der Waals surface area contributed by atoms with Gasteiger partial charge < -0.3 is 4.74 Å². The number of carbonyl (C=O) groups is 2. The van der Waals surface area contributed by atoms with Crippen molar-refractivity contribution < 1.29 is 19.3 Å². The Labute approximate surface area is 173 Å². The van der Waals surface area contributed by atoms with Crippen LogP contribution in [0.15, 0.2) is 35.4 Å². The van der Waals surface area contributed by atoms with E-state index in [9.17, 15) is 14.9 Å². The van der Waals surface area contributed by atoms with Gasteiger partial charge in [0.25, 0.3) is 5.03 Å². The number of aromatic amines is 1. The number of nitriles is 1. The van der Waals surface area contributed by atoms with Gasteiger partial charge in [-0.1, -0.05) is 6.92 Å². The summed E-state index contributed by atoms with van der Waals surface area (Å²) < 4.78 is 5.14. The number of aryl methyl sites for hydroxylation is 1. The topological polar surface area (TPSA) is 84.5 Å². The Hall–Kier alpha value is -2.85. The van der Waals surface area contributed by atoms with Gasteiger partial charge in [0.2, 0.25) is 11.8 Å². The van der Waals surface area contributed by atoms with Crippen LogP contribution in [0, 0.1) is 17.2 Å². The molecule has 4 rings (SSSR count). The molecule has 0 saturated carbocycles. The first-order valence-electron chi connectivity index (χ1n) is 9.66. The average Bonchev–Trinajstić information content (AvgIpc) is 3.00. The minimum atomic E-state index is -0.548. The lowest BCUT2D eigenvalue weighted by Gasteiger charge is -2.18. The van der Waals surface area contributed by atoms with Gasteiger partial charge in [-0.05, 0) is 60.9 Å². The van der Waals surface area contributed by atoms with Gasteiger partial charge in [0.05, 0.1) is 12.8 Å². The Morgan fingerprint density at radius 1 is 1.24 bits per heavy atom. The molecular formula is C22H22N3O3S+. The molecular weight excluding hydrogens is 386 g/mol. The van der Waals surface area contributed by atoms with E-state index in [1.807, 2.05) is 6.07 Å². The zero-order chi connectivity index (χ0) is 20.5. The second kappa shape index (κ2) is 7.88. The average molecular weight is 409 g/mol. The van der Waals surface area contributed by atoms with E-state index in [0.29, 0.717) is 27.9 Å². The maximum atomic E-state index is 13.0. The van der Waals surface area contributed by atoms with Crippen molar-refractivity contribution in [3.05, 3.63) is 47.2 Å². The lowest BCUT2D eigenvalue weighted by molar-refractivity contribution is -0.439. The normalized spacial score (nSPS) is 21.1. The van der Waals surface area contributed by atoms with Crippen LogP contribution in [0.5, 0.6) is 5.75 Å². The summed E-state index contributed by atoms with van der Waals surface area (Å²) in [5.74, 6) is 0.778. The molecule has 2 unspecified atom stereocenters. The number of hydrogen-bond acceptors (Lipinski definition) is 5. The fourth-order valence-electron chi connectivity index (χ4n) is 3.90. The number of nitrogens with one attached hydrogen (secondary N) is 1. The molecule has 148 valence electrons. The van der Waals surface area contributed by atoms with Crippen LogP contribution >= 0.6 is 11.8 Å². The van der Waals surface area contributed by atoms with Crippen LogP contribution in [0.4, 0.5) is 5.69 Å². The van der Waals surface area contributed by atoms with E-state index < -0.39 is 5.25 Å². The molecule has 0 radical (unpaired) electrons. The Bertz CT molecular complexity index is 1010. The summed E-state index contributed by atoms with van der Waals surface area (Å²) in [6.07, 6.45) is 3.11. The van der Waals surface area contributed by atoms with Gasteiger partial charge >= 0.3 is 0 Å². The van der Waals surface area contributed by atoms with Crippen LogP contribution in [0.25, 0.3) is 0 Å². The number of H-pyrrole nitrogens is 1. The van der Waals surface area contributed by atoms with Crippen molar-refractivity contribution in [2.24, 2.45) is 5.92 Å². The van der Waals surface area contributed by atoms with Gasteiger partial charge in [-0.3, -0.25) is 9.59 Å². The number of pyridine rings is 1. The predicted molar refractivity (Wildman–Crippen MR) is 109 cm³/mol. The van der Waals surface area contributed by atoms with Gasteiger partial charge in [0.1, 0.15) is 22.6 Å². The summed E-state index contributed by atoms with van der Waals surface area (Å²) in [6.45, 7) is 2.22. The van der Waals surface area contributed by atoms with Gasteiger partial charge in [-0.2, -0.15) is 5.26 Å². The molecule has 29 heavy (non-hydrogen) atoms. The molecule has 0 spiro atoms. The van der Waals surface area contributed by atoms with E-state index in [1.54, 1.807) is 31.4 Å². The number of aromatic nitrogens is 1. The molecule has 7 heteroatoms. The van der Waals surface area contributed by atoms with E-state index in [0.717, 1.165) is 25.0 Å². The van der Waals surface area contributed by atoms with E-state index in [4.69, 9.17) is 4.74 Å². The predicted octanol–water partition coefficient (Wildman–Crippen LogP) is 2.93. The molecule has 1 fully saturated rings. The number of ether oxygens (including phenoxy) is 1. The van der Waals surface area contributed by atoms with E-state index in [1.165, 1.54) is 22.2 Å². The third-order valence-electron chi connectivity index (χ3n) is 5.49. The van der Waals surface area contributed by atoms with Crippen LogP contribution < -0.4 is 14.6 Å². The van der Waals surface area contributed by atoms with Crippen molar-refractivity contribution in [3.8, 4) is 11.8 Å². The van der Waals surface area contributed by atoms with E-state index in [2.05, 4.69) is 18.0 Å². The van der Waals surface area contributed by atoms with Crippen LogP contribution in [-0.4, -0.2) is 24.2 Å². The first kappa shape index (κ1) is 19.5. The van der Waals surface area contributed by atoms with Crippen molar-refractivity contribution in [2.75, 3.05) is 12.0 Å². The number of imide groups is 1. The van der Waals surface area contributed by atoms with Crippen LogP contribution in [0.2, 0.25) is 0 Å². The number of fused-ring (bicyclic) bond motifs is 1. The molecule has 1 aliphatic heterocycles. The largest absolute Gasteiger partial charge is 0.497 e. The maximum absolute atomic E-state index is 13.0. The minimum Gasteiger partial charge on any atom is -0.497 e. The number of amides is 2. The second-order valence-corrected chi connectivity index (χ2v) is 8.76. The zero-order valence-corrected chi connectivity index (χ0v) is 17.2. The number of carbonyl (C=O) groups excluding carboxylic acids is 2. The second-order valence-electron chi connectivity index (χ2n) is 7.55. The van der Waals surface area contributed by atoms with Crippen molar-refractivity contribution >= 4 is 29.3 Å². The monoisotopic (exact) mass is 408 g/mol. The maximum Gasteiger partial charge on any atom is 0.257 e. The molecule has 1 aromatic heterocycles. The SMILES string of the molecule is COc1ccc(N2C(=O)CC(Sc3[nH+]c4c(cc3C#N)CC(C)CC4)C2=O)cc1. The highest BCUT2D eigenvalue weighted by Crippen LogP contribution is 2.35. The van der Waals surface area contributed by atoms with Gasteiger partial charge in [-0.25, -0.2) is 9.88 Å².